The number of benzene rings is 1. The van der Waals surface area contributed by atoms with E-state index in [4.69, 9.17) is 0 Å². The van der Waals surface area contributed by atoms with E-state index in [9.17, 15) is 0 Å². The molecule has 0 amide bonds. The summed E-state index contributed by atoms with van der Waals surface area (Å²) in [5, 5.41) is 1.20. The van der Waals surface area contributed by atoms with E-state index >= 15 is 0 Å². The van der Waals surface area contributed by atoms with Crippen molar-refractivity contribution >= 4 is 10.9 Å². The van der Waals surface area contributed by atoms with Gasteiger partial charge in [-0.2, -0.15) is 5.48 Å². The van der Waals surface area contributed by atoms with Gasteiger partial charge in [0.2, 0.25) is 0 Å². The lowest BCUT2D eigenvalue weighted by Gasteiger charge is -1.91. The van der Waals surface area contributed by atoms with Gasteiger partial charge in [0.05, 0.1) is 12.1 Å². The third-order valence-corrected chi connectivity index (χ3v) is 1.96. The first-order chi connectivity index (χ1) is 7.47. The summed E-state index contributed by atoms with van der Waals surface area (Å²) < 4.78 is 0. The molecular weight excluding hydrogens is 188 g/mol. The maximum atomic E-state index is 4.51. The Kier molecular flexibility index (Phi) is 3.30. The zero-order chi connectivity index (χ0) is 10.3. The van der Waals surface area contributed by atoms with Gasteiger partial charge in [0.15, 0.2) is 0 Å². The lowest BCUT2D eigenvalue weighted by Crippen LogP contribution is -2.02. The molecule has 0 fully saturated rings. The molecule has 76 valence electrons. The normalized spacial score (nSPS) is 13.1. The summed E-state index contributed by atoms with van der Waals surface area (Å²) >= 11 is 0. The second-order valence-electron chi connectivity index (χ2n) is 3.03. The molecule has 0 bridgehead atoms. The van der Waals surface area contributed by atoms with Crippen molar-refractivity contribution in [3.05, 3.63) is 54.9 Å². The lowest BCUT2D eigenvalue weighted by atomic mass is 10.2. The number of nitrogens with one attached hydrogen (secondary N) is 1. The minimum atomic E-state index is 0.847. The van der Waals surface area contributed by atoms with E-state index < -0.39 is 0 Å². The molecule has 0 saturated carbocycles. The SMILES string of the molecule is C1=CONC1.c1ccc2ncccc2c1. The smallest absolute Gasteiger partial charge is 0.108 e. The first-order valence-corrected chi connectivity index (χ1v) is 4.80. The summed E-state index contributed by atoms with van der Waals surface area (Å²) in [5.41, 5.74) is 3.67. The van der Waals surface area contributed by atoms with Crippen molar-refractivity contribution in [1.82, 2.24) is 10.5 Å². The van der Waals surface area contributed by atoms with Crippen LogP contribution in [0.2, 0.25) is 0 Å². The first kappa shape index (κ1) is 9.68. The van der Waals surface area contributed by atoms with E-state index in [1.54, 1.807) is 6.26 Å². The van der Waals surface area contributed by atoms with Crippen molar-refractivity contribution in [3.8, 4) is 0 Å². The Hall–Kier alpha value is -1.87. The number of fused-ring (bicyclic) bond motifs is 1. The number of aromatic nitrogens is 1. The van der Waals surface area contributed by atoms with E-state index in [-0.39, 0.29) is 0 Å². The molecule has 1 N–H and O–H groups in total. The average Bonchev–Trinajstić information content (AvgIpc) is 2.88. The highest BCUT2D eigenvalue weighted by atomic mass is 16.6. The number of nitrogens with zero attached hydrogens (tertiary/aromatic N) is 1. The van der Waals surface area contributed by atoms with Crippen molar-refractivity contribution in [2.45, 2.75) is 0 Å². The molecule has 1 aliphatic rings. The fourth-order valence-electron chi connectivity index (χ4n) is 1.26. The van der Waals surface area contributed by atoms with Crippen molar-refractivity contribution in [2.24, 2.45) is 0 Å². The van der Waals surface area contributed by atoms with Crippen LogP contribution >= 0.6 is 0 Å². The highest BCUT2D eigenvalue weighted by molar-refractivity contribution is 5.77. The fourth-order valence-corrected chi connectivity index (χ4v) is 1.26. The van der Waals surface area contributed by atoms with Crippen LogP contribution in [0.15, 0.2) is 54.9 Å². The molecule has 15 heavy (non-hydrogen) atoms. The van der Waals surface area contributed by atoms with E-state index in [0.29, 0.717) is 0 Å². The highest BCUT2D eigenvalue weighted by Gasteiger charge is 1.86. The predicted molar refractivity (Wildman–Crippen MR) is 60.0 cm³/mol. The molecule has 3 rings (SSSR count). The van der Waals surface area contributed by atoms with Gasteiger partial charge in [-0.25, -0.2) is 0 Å². The molecule has 0 radical (unpaired) electrons. The van der Waals surface area contributed by atoms with Gasteiger partial charge < -0.3 is 4.84 Å². The molecule has 0 atom stereocenters. The van der Waals surface area contributed by atoms with Crippen LogP contribution < -0.4 is 5.48 Å². The second-order valence-corrected chi connectivity index (χ2v) is 3.03. The fraction of sp³-hybridized carbons (Fsp3) is 0.0833. The van der Waals surface area contributed by atoms with Gasteiger partial charge >= 0.3 is 0 Å². The Morgan fingerprint density at radius 3 is 2.67 bits per heavy atom. The molecule has 1 aromatic heterocycles. The maximum Gasteiger partial charge on any atom is 0.108 e. The zero-order valence-electron chi connectivity index (χ0n) is 8.26. The minimum Gasteiger partial charge on any atom is -0.417 e. The third kappa shape index (κ3) is 2.79. The van der Waals surface area contributed by atoms with Gasteiger partial charge in [-0.15, -0.1) is 0 Å². The van der Waals surface area contributed by atoms with Crippen LogP contribution in [0.3, 0.4) is 0 Å². The van der Waals surface area contributed by atoms with Gasteiger partial charge in [0.25, 0.3) is 0 Å². The van der Waals surface area contributed by atoms with Gasteiger partial charge in [-0.05, 0) is 18.2 Å². The van der Waals surface area contributed by atoms with Crippen LogP contribution in [0.1, 0.15) is 0 Å². The number of rotatable bonds is 0. The Bertz CT molecular complexity index is 383. The van der Waals surface area contributed by atoms with Crippen LogP contribution in [-0.4, -0.2) is 11.5 Å². The average molecular weight is 200 g/mol. The number of hydroxylamine groups is 1. The first-order valence-electron chi connectivity index (χ1n) is 4.80. The molecule has 0 unspecified atom stereocenters. The lowest BCUT2D eigenvalue weighted by molar-refractivity contribution is 0.168. The molecule has 0 saturated heterocycles. The van der Waals surface area contributed by atoms with Gasteiger partial charge in [0.1, 0.15) is 6.26 Å². The largest absolute Gasteiger partial charge is 0.417 e. The summed E-state index contributed by atoms with van der Waals surface area (Å²) in [6, 6.07) is 12.1. The zero-order valence-corrected chi connectivity index (χ0v) is 8.26. The van der Waals surface area contributed by atoms with Crippen LogP contribution in [0.25, 0.3) is 10.9 Å². The summed E-state index contributed by atoms with van der Waals surface area (Å²) in [6.45, 7) is 0.847. The van der Waals surface area contributed by atoms with Crippen LogP contribution in [-0.2, 0) is 4.84 Å². The van der Waals surface area contributed by atoms with E-state index in [0.717, 1.165) is 12.1 Å². The molecule has 2 aromatic rings. The van der Waals surface area contributed by atoms with Gasteiger partial charge in [-0.3, -0.25) is 4.98 Å². The Labute approximate surface area is 88.4 Å². The van der Waals surface area contributed by atoms with Crippen molar-refractivity contribution in [2.75, 3.05) is 6.54 Å². The molecule has 3 nitrogen and oxygen atoms in total. The van der Waals surface area contributed by atoms with Gasteiger partial charge in [0, 0.05) is 11.6 Å². The van der Waals surface area contributed by atoms with Crippen molar-refractivity contribution in [3.63, 3.8) is 0 Å². The molecule has 3 heteroatoms. The summed E-state index contributed by atoms with van der Waals surface area (Å²) in [5.74, 6) is 0. The molecule has 1 aliphatic heterocycles. The Balaban J connectivity index is 0.000000144. The second kappa shape index (κ2) is 5.12. The molecular formula is C12H12N2O. The third-order valence-electron chi connectivity index (χ3n) is 1.96. The van der Waals surface area contributed by atoms with Crippen LogP contribution in [0.4, 0.5) is 0 Å². The number of para-hydroxylation sites is 1. The molecule has 2 heterocycles. The Morgan fingerprint density at radius 2 is 2.00 bits per heavy atom. The van der Waals surface area contributed by atoms with Gasteiger partial charge in [-0.1, -0.05) is 24.3 Å². The number of hydrogen-bond donors (Lipinski definition) is 1. The molecule has 0 spiro atoms. The quantitative estimate of drug-likeness (QED) is 0.708. The maximum absolute atomic E-state index is 4.51. The summed E-state index contributed by atoms with van der Waals surface area (Å²) in [6.07, 6.45) is 5.34. The van der Waals surface area contributed by atoms with E-state index in [2.05, 4.69) is 27.4 Å². The van der Waals surface area contributed by atoms with E-state index in [1.165, 1.54) is 5.39 Å². The van der Waals surface area contributed by atoms with Crippen molar-refractivity contribution < 1.29 is 4.84 Å². The molecule has 1 aromatic carbocycles. The Morgan fingerprint density at radius 1 is 1.13 bits per heavy atom. The number of hydrogen-bond acceptors (Lipinski definition) is 3. The van der Waals surface area contributed by atoms with Crippen molar-refractivity contribution in [1.29, 1.82) is 0 Å². The minimum absolute atomic E-state index is 0.847. The predicted octanol–water partition coefficient (Wildman–Crippen LogP) is 2.27. The standard InChI is InChI=1S/C9H7N.C3H5NO/c1-2-6-9-8(4-1)5-3-7-10-9;1-2-4-5-3-1/h1-7H;1,3-4H,2H2. The topological polar surface area (TPSA) is 34.1 Å². The molecule has 0 aliphatic carbocycles. The van der Waals surface area contributed by atoms with E-state index in [1.807, 2.05) is 36.5 Å². The summed E-state index contributed by atoms with van der Waals surface area (Å²) in [7, 11) is 0. The highest BCUT2D eigenvalue weighted by Crippen LogP contribution is 2.07. The van der Waals surface area contributed by atoms with Crippen LogP contribution in [0.5, 0.6) is 0 Å². The number of pyridine rings is 1. The summed E-state index contributed by atoms with van der Waals surface area (Å²) in [4.78, 5) is 8.70. The monoisotopic (exact) mass is 200 g/mol. The van der Waals surface area contributed by atoms with Crippen LogP contribution in [0, 0.1) is 0 Å².